The Balaban J connectivity index is 1.46. The topological polar surface area (TPSA) is 68.3 Å². The van der Waals surface area contributed by atoms with Crippen molar-refractivity contribution < 1.29 is 0 Å². The quantitative estimate of drug-likeness (QED) is 0.713. The Morgan fingerprint density at radius 1 is 1.15 bits per heavy atom. The number of amidine groups is 1. The van der Waals surface area contributed by atoms with Crippen LogP contribution in [0.4, 0.5) is 0 Å². The molecule has 1 saturated carbocycles. The van der Waals surface area contributed by atoms with Gasteiger partial charge in [0.2, 0.25) is 0 Å². The Bertz CT molecular complexity index is 1060. The summed E-state index contributed by atoms with van der Waals surface area (Å²) >= 11 is 0. The predicted molar refractivity (Wildman–Crippen MR) is 107 cm³/mol. The third kappa shape index (κ3) is 2.85. The maximum atomic E-state index is 4.78. The van der Waals surface area contributed by atoms with Gasteiger partial charge < -0.3 is 0 Å². The smallest absolute Gasteiger partial charge is 0.174 e. The van der Waals surface area contributed by atoms with E-state index in [-0.39, 0.29) is 0 Å². The van der Waals surface area contributed by atoms with E-state index in [0.717, 1.165) is 40.3 Å². The van der Waals surface area contributed by atoms with Crippen LogP contribution < -0.4 is 0 Å². The highest BCUT2D eigenvalue weighted by molar-refractivity contribution is 6.17. The largest absolute Gasteiger partial charge is 0.258 e. The summed E-state index contributed by atoms with van der Waals surface area (Å²) in [5.74, 6) is 0.733. The first-order valence-corrected chi connectivity index (χ1v) is 9.75. The number of fused-ring (bicyclic) bond motifs is 1. The molecule has 5 rings (SSSR count). The lowest BCUT2D eigenvalue weighted by molar-refractivity contribution is 0.467. The van der Waals surface area contributed by atoms with Crippen LogP contribution in [0.2, 0.25) is 0 Å². The van der Waals surface area contributed by atoms with E-state index in [2.05, 4.69) is 56.2 Å². The van der Waals surface area contributed by atoms with Crippen LogP contribution in [0.5, 0.6) is 0 Å². The van der Waals surface area contributed by atoms with Gasteiger partial charge in [-0.1, -0.05) is 37.1 Å². The third-order valence-corrected chi connectivity index (χ3v) is 5.58. The number of nitrogens with zero attached hydrogens (tertiary/aromatic N) is 6. The fourth-order valence-corrected chi connectivity index (χ4v) is 4.10. The van der Waals surface area contributed by atoms with Crippen molar-refractivity contribution in [3.63, 3.8) is 0 Å². The van der Waals surface area contributed by atoms with Crippen LogP contribution in [0.3, 0.4) is 0 Å². The molecule has 27 heavy (non-hydrogen) atoms. The van der Waals surface area contributed by atoms with Crippen molar-refractivity contribution in [2.45, 2.75) is 45.1 Å². The van der Waals surface area contributed by atoms with Crippen molar-refractivity contribution in [1.82, 2.24) is 20.0 Å². The molecule has 0 amide bonds. The summed E-state index contributed by atoms with van der Waals surface area (Å²) in [6.07, 6.45) is 7.70. The predicted octanol–water partition coefficient (Wildman–Crippen LogP) is 3.75. The second-order valence-corrected chi connectivity index (χ2v) is 7.24. The number of benzene rings is 1. The van der Waals surface area contributed by atoms with Gasteiger partial charge in [0.25, 0.3) is 0 Å². The number of aromatic nitrogens is 4. The number of pyridine rings is 1. The Kier molecular flexibility index (Phi) is 4.03. The van der Waals surface area contributed by atoms with Gasteiger partial charge in [-0.3, -0.25) is 9.98 Å². The molecule has 6 heteroatoms. The van der Waals surface area contributed by atoms with Crippen molar-refractivity contribution in [1.29, 1.82) is 0 Å². The summed E-state index contributed by atoms with van der Waals surface area (Å²) in [5.41, 5.74) is 6.15. The zero-order valence-electron chi connectivity index (χ0n) is 15.5. The number of rotatable bonds is 4. The summed E-state index contributed by atoms with van der Waals surface area (Å²) < 4.78 is 2.10. The molecule has 0 N–H and O–H groups in total. The molecule has 0 radical (unpaired) electrons. The maximum absolute atomic E-state index is 4.78. The number of aliphatic imine (C=N–C) groups is 2. The van der Waals surface area contributed by atoms with Crippen molar-refractivity contribution in [3.05, 3.63) is 53.3 Å². The van der Waals surface area contributed by atoms with Crippen LogP contribution in [0.25, 0.3) is 11.0 Å². The molecule has 0 spiro atoms. The van der Waals surface area contributed by atoms with E-state index in [1.54, 1.807) is 6.20 Å². The molecular formula is C21H22N6. The number of hydrogen-bond acceptors (Lipinski definition) is 5. The Hall–Kier alpha value is -2.89. The average Bonchev–Trinajstić information content (AvgIpc) is 3.47. The molecule has 0 atom stereocenters. The van der Waals surface area contributed by atoms with E-state index in [1.807, 2.05) is 6.07 Å². The summed E-state index contributed by atoms with van der Waals surface area (Å²) in [6.45, 7) is 2.71. The third-order valence-electron chi connectivity index (χ3n) is 5.58. The van der Waals surface area contributed by atoms with Crippen LogP contribution in [0, 0.1) is 0 Å². The van der Waals surface area contributed by atoms with Gasteiger partial charge >= 0.3 is 0 Å². The minimum atomic E-state index is 0.497. The van der Waals surface area contributed by atoms with E-state index in [9.17, 15) is 0 Å². The minimum Gasteiger partial charge on any atom is -0.258 e. The van der Waals surface area contributed by atoms with Gasteiger partial charge in [0, 0.05) is 11.8 Å². The molecule has 0 saturated heterocycles. The molecule has 0 unspecified atom stereocenters. The van der Waals surface area contributed by atoms with Gasteiger partial charge in [0.1, 0.15) is 11.2 Å². The van der Waals surface area contributed by atoms with Crippen LogP contribution >= 0.6 is 0 Å². The summed E-state index contributed by atoms with van der Waals surface area (Å²) in [4.78, 5) is 13.9. The van der Waals surface area contributed by atoms with Gasteiger partial charge in [0.05, 0.1) is 23.8 Å². The molecule has 0 bridgehead atoms. The number of aryl methyl sites for hydroxylation is 1. The van der Waals surface area contributed by atoms with Crippen molar-refractivity contribution in [3.8, 4) is 0 Å². The number of hydrogen-bond donors (Lipinski definition) is 0. The maximum Gasteiger partial charge on any atom is 0.174 e. The van der Waals surface area contributed by atoms with Crippen LogP contribution in [-0.2, 0) is 6.42 Å². The molecule has 3 aromatic rings. The lowest BCUT2D eigenvalue weighted by Crippen LogP contribution is -2.07. The Morgan fingerprint density at radius 2 is 2.04 bits per heavy atom. The highest BCUT2D eigenvalue weighted by Crippen LogP contribution is 2.31. The molecule has 1 aromatic carbocycles. The Morgan fingerprint density at radius 3 is 2.89 bits per heavy atom. The zero-order chi connectivity index (χ0) is 18.2. The first-order chi connectivity index (χ1) is 13.3. The second kappa shape index (κ2) is 6.68. The zero-order valence-corrected chi connectivity index (χ0v) is 15.5. The lowest BCUT2D eigenvalue weighted by atomic mass is 10.1. The van der Waals surface area contributed by atoms with E-state index in [1.165, 1.54) is 31.2 Å². The highest BCUT2D eigenvalue weighted by atomic mass is 15.4. The van der Waals surface area contributed by atoms with Gasteiger partial charge in [-0.05, 0) is 43.0 Å². The van der Waals surface area contributed by atoms with Crippen molar-refractivity contribution in [2.75, 3.05) is 6.54 Å². The monoisotopic (exact) mass is 358 g/mol. The molecule has 6 nitrogen and oxygen atoms in total. The normalized spacial score (nSPS) is 17.5. The SMILES string of the molecule is CCc1cccnc1C1=NCC(c2ccc3c(c2)nnn3C2CCCC2)=N1. The fraction of sp³-hybridized carbons (Fsp3) is 0.381. The molecule has 3 heterocycles. The van der Waals surface area contributed by atoms with E-state index in [4.69, 9.17) is 4.99 Å². The molecule has 1 aliphatic heterocycles. The van der Waals surface area contributed by atoms with Gasteiger partial charge in [0.15, 0.2) is 5.84 Å². The standard InChI is InChI=1S/C21H22N6/c1-2-14-6-5-11-22-20(14)21-23-13-18(24-21)15-9-10-19-17(12-15)25-26-27(19)16-7-3-4-8-16/h5-6,9-12,16H,2-4,7-8,13H2,1H3. The van der Waals surface area contributed by atoms with Gasteiger partial charge in [-0.2, -0.15) is 0 Å². The van der Waals surface area contributed by atoms with E-state index < -0.39 is 0 Å². The molecule has 1 fully saturated rings. The minimum absolute atomic E-state index is 0.497. The Labute approximate surface area is 158 Å². The summed E-state index contributed by atoms with van der Waals surface area (Å²) in [7, 11) is 0. The van der Waals surface area contributed by atoms with Crippen molar-refractivity contribution >= 4 is 22.6 Å². The first kappa shape index (κ1) is 16.3. The van der Waals surface area contributed by atoms with Crippen LogP contribution in [-0.4, -0.2) is 38.1 Å². The molecule has 136 valence electrons. The lowest BCUT2D eigenvalue weighted by Gasteiger charge is -2.09. The molecule has 2 aromatic heterocycles. The molecular weight excluding hydrogens is 336 g/mol. The second-order valence-electron chi connectivity index (χ2n) is 7.24. The summed E-state index contributed by atoms with van der Waals surface area (Å²) in [5, 5.41) is 8.83. The van der Waals surface area contributed by atoms with Crippen LogP contribution in [0.1, 0.15) is 55.5 Å². The van der Waals surface area contributed by atoms with E-state index >= 15 is 0 Å². The van der Waals surface area contributed by atoms with Crippen molar-refractivity contribution in [2.24, 2.45) is 9.98 Å². The molecule has 1 aliphatic carbocycles. The summed E-state index contributed by atoms with van der Waals surface area (Å²) in [6, 6.07) is 10.9. The van der Waals surface area contributed by atoms with Gasteiger partial charge in [-0.15, -0.1) is 5.10 Å². The molecule has 2 aliphatic rings. The van der Waals surface area contributed by atoms with Gasteiger partial charge in [-0.25, -0.2) is 9.67 Å². The first-order valence-electron chi connectivity index (χ1n) is 9.75. The van der Waals surface area contributed by atoms with E-state index in [0.29, 0.717) is 12.6 Å². The van der Waals surface area contributed by atoms with Crippen LogP contribution in [0.15, 0.2) is 46.5 Å². The average molecular weight is 358 g/mol. The highest BCUT2D eigenvalue weighted by Gasteiger charge is 2.21. The fourth-order valence-electron chi connectivity index (χ4n) is 4.10.